The van der Waals surface area contributed by atoms with Gasteiger partial charge in [-0.2, -0.15) is 0 Å². The van der Waals surface area contributed by atoms with E-state index in [1.165, 1.54) is 225 Å². The summed E-state index contributed by atoms with van der Waals surface area (Å²) in [6.07, 6.45) is 51.8. The maximum absolute atomic E-state index is 14.4. The number of imidazole rings is 1. The van der Waals surface area contributed by atoms with Crippen LogP contribution < -0.4 is 36.4 Å². The fraction of sp³-hybridized carbons (Fsp3) is 0.487. The molecular weight excluding hydrogens is 1580 g/mol. The Kier molecular flexibility index (Phi) is 42.4. The highest BCUT2D eigenvalue weighted by molar-refractivity contribution is 6.96. The fourth-order valence-electron chi connectivity index (χ4n) is 12.4. The normalized spacial score (nSPS) is 11.3. The first-order chi connectivity index (χ1) is 52.6. The van der Waals surface area contributed by atoms with Crippen LogP contribution in [0.5, 0.6) is 0 Å². The smallest absolute Gasteiger partial charge is 0.413 e. The average molecular weight is 1660 g/mol. The van der Waals surface area contributed by atoms with E-state index in [-0.39, 0.29) is 0 Å². The van der Waals surface area contributed by atoms with Gasteiger partial charge < -0.3 is 14.9 Å². The van der Waals surface area contributed by atoms with Crippen molar-refractivity contribution < 1.29 is 137 Å². The minimum absolute atomic E-state index is 1.37. The number of halogens is 30. The lowest BCUT2D eigenvalue weighted by Crippen LogP contribution is -3.09. The Morgan fingerprint density at radius 3 is 0.468 bits per heavy atom. The van der Waals surface area contributed by atoms with Gasteiger partial charge in [-0.25, -0.2) is 132 Å². The number of unbranched alkanes of at least 4 members (excludes halogenated alkanes) is 30. The Labute approximate surface area is 631 Å². The van der Waals surface area contributed by atoms with Crippen LogP contribution in [-0.4, -0.2) is 53.4 Å². The topological polar surface area (TPSA) is 31.4 Å². The summed E-state index contributed by atoms with van der Waals surface area (Å²) in [4.78, 5) is 9.00. The molecule has 35 heteroatoms. The van der Waals surface area contributed by atoms with Gasteiger partial charge in [0.15, 0.2) is 175 Å². The van der Waals surface area contributed by atoms with Gasteiger partial charge in [0.1, 0.15) is 0 Å². The summed E-state index contributed by atoms with van der Waals surface area (Å²) in [6, 6.07) is 0. The Bertz CT molecular complexity index is 3340. The van der Waals surface area contributed by atoms with Crippen LogP contribution >= 0.6 is 0 Å². The summed E-state index contributed by atoms with van der Waals surface area (Å²) < 4.78 is 403. The van der Waals surface area contributed by atoms with Gasteiger partial charge in [-0.15, -0.1) is 0 Å². The van der Waals surface area contributed by atoms with E-state index in [0.717, 1.165) is 0 Å². The van der Waals surface area contributed by atoms with Gasteiger partial charge >= 0.3 is 28.3 Å². The van der Waals surface area contributed by atoms with Gasteiger partial charge in [0, 0.05) is 0 Å². The third kappa shape index (κ3) is 26.0. The lowest BCUT2D eigenvalue weighted by atomic mass is 10.0. The van der Waals surface area contributed by atoms with Crippen molar-refractivity contribution in [2.75, 3.05) is 20.1 Å². The Morgan fingerprint density at radius 2 is 0.351 bits per heavy atom. The highest BCUT2D eigenvalue weighted by atomic mass is 27.2. The van der Waals surface area contributed by atoms with Crippen molar-refractivity contribution >= 4 is 54.8 Å². The first-order valence-electron chi connectivity index (χ1n) is 36.4. The number of hydrogen-bond donors (Lipinski definition) is 1. The molecule has 0 aliphatic heterocycles. The summed E-state index contributed by atoms with van der Waals surface area (Å²) >= 11 is -11.9. The molecule has 1 heterocycles. The van der Waals surface area contributed by atoms with E-state index in [1.807, 2.05) is 0 Å². The monoisotopic (exact) mass is 1660 g/mol. The maximum Gasteiger partial charge on any atom is 0.413 e. The van der Waals surface area contributed by atoms with Crippen molar-refractivity contribution in [2.45, 2.75) is 219 Å². The van der Waals surface area contributed by atoms with Gasteiger partial charge in [-0.3, -0.25) is 0 Å². The van der Waals surface area contributed by atoms with Crippen LogP contribution in [0.3, 0.4) is 0 Å². The quantitative estimate of drug-likeness (QED) is 0.0136. The summed E-state index contributed by atoms with van der Waals surface area (Å²) in [6.45, 7) is 7.42. The number of aromatic nitrogens is 2. The second-order valence-electron chi connectivity index (χ2n) is 26.5. The molecule has 0 amide bonds. The summed E-state index contributed by atoms with van der Waals surface area (Å²) in [5.74, 6) is -89.2. The van der Waals surface area contributed by atoms with Crippen LogP contribution in [0.4, 0.5) is 132 Å². The fourth-order valence-corrected chi connectivity index (χ4v) is 18.7. The van der Waals surface area contributed by atoms with Crippen molar-refractivity contribution in [1.82, 2.24) is 9.97 Å². The molecule has 7 aromatic rings. The van der Waals surface area contributed by atoms with Crippen LogP contribution in [0.25, 0.3) is 0 Å². The summed E-state index contributed by atoms with van der Waals surface area (Å²) in [5.41, 5.74) is 0. The van der Waals surface area contributed by atoms with E-state index in [2.05, 4.69) is 30.9 Å². The number of hydrogen-bond acceptors (Lipinski definition) is 1. The molecule has 0 radical (unpaired) electrons. The number of quaternary nitrogens is 1. The molecule has 616 valence electrons. The average Bonchev–Trinajstić information content (AvgIpc) is 0.833. The number of nitrogens with one attached hydrogen (secondary N) is 1. The van der Waals surface area contributed by atoms with E-state index >= 15 is 0 Å². The molecule has 0 atom stereocenters. The van der Waals surface area contributed by atoms with Gasteiger partial charge in [-0.05, 0) is 52.2 Å². The van der Waals surface area contributed by atoms with Gasteiger partial charge in [-0.1, -0.05) is 212 Å². The molecule has 0 fully saturated rings. The predicted molar refractivity (Wildman–Crippen MR) is 360 cm³/mol. The molecule has 0 aliphatic carbocycles. The Hall–Kier alpha value is -6.55. The van der Waals surface area contributed by atoms with Crippen molar-refractivity contribution in [2.24, 2.45) is 0 Å². The van der Waals surface area contributed by atoms with E-state index < -0.39 is 229 Å². The molecule has 0 spiro atoms. The van der Waals surface area contributed by atoms with E-state index in [9.17, 15) is 132 Å². The number of rotatable bonds is 40. The second kappa shape index (κ2) is 48.6. The first kappa shape index (κ1) is 96.8. The van der Waals surface area contributed by atoms with Crippen molar-refractivity contribution in [3.05, 3.63) is 193 Å². The van der Waals surface area contributed by atoms with Crippen molar-refractivity contribution in [1.29, 1.82) is 0 Å². The second-order valence-corrected chi connectivity index (χ2v) is 31.7. The van der Waals surface area contributed by atoms with Gasteiger partial charge in [0.2, 0.25) is 0 Å². The summed E-state index contributed by atoms with van der Waals surface area (Å²) in [5, 5.41) is 0. The molecule has 0 saturated heterocycles. The SMILES string of the molecule is CCCCCCCCCCCCCCCCCC[NH+](C)CCCCCCCCCCCCCCCCCC.Fc1c(F)c(F)[c]([Al]([c]2c(F)c(F)c(F)c(F)c2F)[c]2c(F)c(F)c(F)c(F)c2F)c(F)c1F.Fc1c(F)c(F)[c]([Al]([c]2c(F)c(F)c(F)c(F)c2F)[c]2c(F)c(F)c(F)c(F)c2F)c(F)c1F.c1c[n-]cn1. The molecule has 1 N–H and O–H groups in total. The molecule has 7 rings (SSSR count). The van der Waals surface area contributed by atoms with Gasteiger partial charge in [0.05, 0.1) is 20.1 Å². The van der Waals surface area contributed by atoms with Crippen LogP contribution in [0.15, 0.2) is 18.7 Å². The van der Waals surface area contributed by atoms with Crippen molar-refractivity contribution in [3.63, 3.8) is 0 Å². The zero-order valence-electron chi connectivity index (χ0n) is 60.7. The van der Waals surface area contributed by atoms with Gasteiger partial charge in [0.25, 0.3) is 0 Å². The standard InChI is InChI=1S/C37H77N.6C6F5.C3H3N2.2Al/c1-4-6-8-10-12-14-16-18-20-22-24-26-28-30-32-34-36-38(3)37-35-33-31-29-27-25-23-21-19-17-15-13-11-9-7-5-2;6*7-2-1-3(8)5(10)6(11)4(2)9;1-2-5-3-4-1;;/h4-37H2,1-3H3;;;;;;;1-3H;;/q;;;;;;;-1;;/p+1. The number of nitrogens with zero attached hydrogens (tertiary/aromatic N) is 2. The van der Waals surface area contributed by atoms with E-state index in [1.54, 1.807) is 17.3 Å². The van der Waals surface area contributed by atoms with Crippen LogP contribution in [-0.2, 0) is 0 Å². The minimum Gasteiger partial charge on any atom is -0.450 e. The van der Waals surface area contributed by atoms with E-state index in [4.69, 9.17) is 0 Å². The zero-order valence-corrected chi connectivity index (χ0v) is 63.0. The predicted octanol–water partition coefficient (Wildman–Crippen LogP) is 20.6. The molecule has 0 aliphatic rings. The Morgan fingerprint density at radius 1 is 0.216 bits per heavy atom. The molecule has 0 unspecified atom stereocenters. The molecule has 0 saturated carbocycles. The van der Waals surface area contributed by atoms with Crippen LogP contribution in [0.1, 0.15) is 219 Å². The lowest BCUT2D eigenvalue weighted by Gasteiger charge is -2.20. The highest BCUT2D eigenvalue weighted by Crippen LogP contribution is 2.28. The Balaban J connectivity index is 0.000000340. The minimum atomic E-state index is -5.96. The molecule has 0 bridgehead atoms. The highest BCUT2D eigenvalue weighted by Gasteiger charge is 2.49. The number of benzene rings is 6. The van der Waals surface area contributed by atoms with Crippen LogP contribution in [0.2, 0.25) is 0 Å². The van der Waals surface area contributed by atoms with Crippen LogP contribution in [0, 0.1) is 175 Å². The van der Waals surface area contributed by atoms with Crippen molar-refractivity contribution in [3.8, 4) is 0 Å². The largest absolute Gasteiger partial charge is 0.450 e. The third-order valence-electron chi connectivity index (χ3n) is 18.5. The third-order valence-corrected chi connectivity index (χ3v) is 25.0. The zero-order chi connectivity index (χ0) is 83.1. The molecule has 3 nitrogen and oxygen atoms in total. The molecule has 1 aromatic heterocycles. The lowest BCUT2D eigenvalue weighted by molar-refractivity contribution is -0.880. The summed E-state index contributed by atoms with van der Waals surface area (Å²) in [7, 11) is 2.43. The maximum atomic E-state index is 14.4. The molecular formula is C76H81Al2F30N3. The van der Waals surface area contributed by atoms with E-state index in [0.29, 0.717) is 0 Å². The molecule has 6 aromatic carbocycles. The first-order valence-corrected chi connectivity index (χ1v) is 39.9. The molecule has 111 heavy (non-hydrogen) atoms.